The van der Waals surface area contributed by atoms with Crippen molar-refractivity contribution in [2.75, 3.05) is 48.7 Å². The molecule has 32 heavy (non-hydrogen) atoms. The number of likely N-dealkylation sites (tertiary alicyclic amines) is 1. The topological polar surface area (TPSA) is 98.2 Å². The van der Waals surface area contributed by atoms with Crippen LogP contribution in [-0.2, 0) is 0 Å². The molecule has 4 N–H and O–H groups in total. The van der Waals surface area contributed by atoms with Crippen molar-refractivity contribution < 1.29 is 9.50 Å². The number of aromatic nitrogens is 3. The molecule has 0 amide bonds. The Kier molecular flexibility index (Phi) is 7.57. The van der Waals surface area contributed by atoms with E-state index in [-0.39, 0.29) is 5.75 Å². The summed E-state index contributed by atoms with van der Waals surface area (Å²) < 4.78 is 13.7. The first-order chi connectivity index (χ1) is 15.6. The van der Waals surface area contributed by atoms with E-state index >= 15 is 0 Å². The SMILES string of the molecule is CCN1CCC(CNc2nc(NCC3CCCCC3)nc(Nc3ccc(O)c(F)c3)n2)C1. The summed E-state index contributed by atoms with van der Waals surface area (Å²) in [6.45, 7) is 7.12. The summed E-state index contributed by atoms with van der Waals surface area (Å²) in [6.07, 6.45) is 7.52. The number of hydrogen-bond acceptors (Lipinski definition) is 8. The molecule has 1 saturated heterocycles. The zero-order chi connectivity index (χ0) is 22.3. The maximum Gasteiger partial charge on any atom is 0.233 e. The van der Waals surface area contributed by atoms with E-state index in [1.165, 1.54) is 44.2 Å². The van der Waals surface area contributed by atoms with Crippen molar-refractivity contribution in [3.63, 3.8) is 0 Å². The second-order valence-electron chi connectivity index (χ2n) is 8.91. The molecule has 1 atom stereocenters. The van der Waals surface area contributed by atoms with E-state index in [1.807, 2.05) is 0 Å². The van der Waals surface area contributed by atoms with Crippen LogP contribution in [0.25, 0.3) is 0 Å². The maximum atomic E-state index is 13.7. The lowest BCUT2D eigenvalue weighted by molar-refractivity contribution is 0.345. The van der Waals surface area contributed by atoms with Crippen LogP contribution in [0.15, 0.2) is 18.2 Å². The fraction of sp³-hybridized carbons (Fsp3) is 0.609. The third-order valence-corrected chi connectivity index (χ3v) is 6.48. The van der Waals surface area contributed by atoms with Crippen LogP contribution in [0.5, 0.6) is 5.75 Å². The third-order valence-electron chi connectivity index (χ3n) is 6.48. The number of hydrogen-bond donors (Lipinski definition) is 4. The van der Waals surface area contributed by atoms with Gasteiger partial charge in [0.2, 0.25) is 17.8 Å². The fourth-order valence-corrected chi connectivity index (χ4v) is 4.53. The van der Waals surface area contributed by atoms with Crippen molar-refractivity contribution in [2.45, 2.75) is 45.4 Å². The highest BCUT2D eigenvalue weighted by atomic mass is 19.1. The number of rotatable bonds is 9. The number of aromatic hydroxyl groups is 1. The van der Waals surface area contributed by atoms with Gasteiger partial charge in [-0.15, -0.1) is 0 Å². The number of nitrogens with zero attached hydrogens (tertiary/aromatic N) is 4. The summed E-state index contributed by atoms with van der Waals surface area (Å²) in [7, 11) is 0. The number of halogens is 1. The van der Waals surface area contributed by atoms with Gasteiger partial charge in [-0.1, -0.05) is 26.2 Å². The largest absolute Gasteiger partial charge is 0.505 e. The molecule has 2 fully saturated rings. The number of phenols is 1. The lowest BCUT2D eigenvalue weighted by atomic mass is 9.89. The van der Waals surface area contributed by atoms with E-state index in [0.29, 0.717) is 35.4 Å². The Bertz CT molecular complexity index is 891. The first kappa shape index (κ1) is 22.5. The quantitative estimate of drug-likeness (QED) is 0.428. The van der Waals surface area contributed by atoms with Crippen LogP contribution in [0.4, 0.5) is 27.9 Å². The van der Waals surface area contributed by atoms with Gasteiger partial charge in [0.1, 0.15) is 0 Å². The van der Waals surface area contributed by atoms with Crippen LogP contribution in [-0.4, -0.2) is 57.7 Å². The molecule has 2 aromatic rings. The highest BCUT2D eigenvalue weighted by Crippen LogP contribution is 2.25. The average Bonchev–Trinajstić information content (AvgIpc) is 3.28. The minimum absolute atomic E-state index is 0.334. The van der Waals surface area contributed by atoms with Gasteiger partial charge in [-0.25, -0.2) is 4.39 Å². The van der Waals surface area contributed by atoms with Crippen LogP contribution < -0.4 is 16.0 Å². The Morgan fingerprint density at radius 2 is 1.66 bits per heavy atom. The highest BCUT2D eigenvalue weighted by molar-refractivity contribution is 5.57. The lowest BCUT2D eigenvalue weighted by Gasteiger charge is -2.22. The number of phenolic OH excluding ortho intramolecular Hbond substituents is 1. The molecule has 1 aromatic heterocycles. The minimum Gasteiger partial charge on any atom is -0.505 e. The molecular formula is C23H34FN7O. The van der Waals surface area contributed by atoms with Crippen LogP contribution in [0, 0.1) is 17.7 Å². The van der Waals surface area contributed by atoms with Crippen LogP contribution in [0.3, 0.4) is 0 Å². The Balaban J connectivity index is 1.45. The van der Waals surface area contributed by atoms with E-state index in [4.69, 9.17) is 0 Å². The highest BCUT2D eigenvalue weighted by Gasteiger charge is 2.21. The molecule has 1 unspecified atom stereocenters. The molecule has 1 aliphatic carbocycles. The first-order valence-electron chi connectivity index (χ1n) is 11.8. The number of nitrogens with one attached hydrogen (secondary N) is 3. The second-order valence-corrected chi connectivity index (χ2v) is 8.91. The summed E-state index contributed by atoms with van der Waals surface area (Å²) in [5.41, 5.74) is 0.463. The van der Waals surface area contributed by atoms with Gasteiger partial charge in [0.15, 0.2) is 11.6 Å². The molecule has 174 valence electrons. The fourth-order valence-electron chi connectivity index (χ4n) is 4.53. The lowest BCUT2D eigenvalue weighted by Crippen LogP contribution is -2.23. The molecule has 9 heteroatoms. The van der Waals surface area contributed by atoms with Crippen molar-refractivity contribution in [3.8, 4) is 5.75 Å². The monoisotopic (exact) mass is 443 g/mol. The molecular weight excluding hydrogens is 409 g/mol. The second kappa shape index (κ2) is 10.8. The van der Waals surface area contributed by atoms with Crippen molar-refractivity contribution >= 4 is 23.5 Å². The predicted octanol–water partition coefficient (Wildman–Crippen LogP) is 4.21. The van der Waals surface area contributed by atoms with E-state index in [2.05, 4.69) is 42.7 Å². The molecule has 1 aromatic carbocycles. The van der Waals surface area contributed by atoms with Gasteiger partial charge in [0, 0.05) is 31.4 Å². The summed E-state index contributed by atoms with van der Waals surface area (Å²) in [5, 5.41) is 19.2. The summed E-state index contributed by atoms with van der Waals surface area (Å²) in [5.74, 6) is 1.46. The van der Waals surface area contributed by atoms with Crippen molar-refractivity contribution in [3.05, 3.63) is 24.0 Å². The first-order valence-corrected chi connectivity index (χ1v) is 11.8. The number of anilines is 4. The Morgan fingerprint density at radius 3 is 2.31 bits per heavy atom. The zero-order valence-corrected chi connectivity index (χ0v) is 18.8. The third kappa shape index (κ3) is 6.18. The van der Waals surface area contributed by atoms with Gasteiger partial charge in [0.25, 0.3) is 0 Å². The zero-order valence-electron chi connectivity index (χ0n) is 18.8. The van der Waals surface area contributed by atoms with Gasteiger partial charge in [-0.05, 0) is 56.3 Å². The Labute approximate surface area is 189 Å². The molecule has 8 nitrogen and oxygen atoms in total. The molecule has 2 heterocycles. The smallest absolute Gasteiger partial charge is 0.233 e. The maximum absolute atomic E-state index is 13.7. The van der Waals surface area contributed by atoms with Crippen LogP contribution in [0.1, 0.15) is 45.4 Å². The van der Waals surface area contributed by atoms with Crippen molar-refractivity contribution in [2.24, 2.45) is 11.8 Å². The van der Waals surface area contributed by atoms with Crippen LogP contribution in [0.2, 0.25) is 0 Å². The molecule has 0 bridgehead atoms. The van der Waals surface area contributed by atoms with Gasteiger partial charge in [0.05, 0.1) is 0 Å². The summed E-state index contributed by atoms with van der Waals surface area (Å²) in [4.78, 5) is 16.0. The number of benzene rings is 1. The van der Waals surface area contributed by atoms with Crippen molar-refractivity contribution in [1.82, 2.24) is 19.9 Å². The average molecular weight is 444 g/mol. The molecule has 2 aliphatic rings. The Hall–Kier alpha value is -2.68. The molecule has 1 saturated carbocycles. The standard InChI is InChI=1S/C23H34FN7O/c1-2-31-11-10-17(15-31)14-26-22-28-21(25-13-16-6-4-3-5-7-16)29-23(30-22)27-18-8-9-20(32)19(24)12-18/h8-9,12,16-17,32H,2-7,10-11,13-15H2,1H3,(H3,25,26,27,28,29,30). The van der Waals surface area contributed by atoms with E-state index < -0.39 is 5.82 Å². The van der Waals surface area contributed by atoms with Crippen molar-refractivity contribution in [1.29, 1.82) is 0 Å². The molecule has 0 radical (unpaired) electrons. The van der Waals surface area contributed by atoms with Gasteiger partial charge in [-0.2, -0.15) is 15.0 Å². The minimum atomic E-state index is -0.695. The molecule has 1 aliphatic heterocycles. The van der Waals surface area contributed by atoms with Crippen LogP contribution >= 0.6 is 0 Å². The van der Waals surface area contributed by atoms with E-state index in [9.17, 15) is 9.50 Å². The molecule has 0 spiro atoms. The van der Waals surface area contributed by atoms with Gasteiger partial charge in [-0.3, -0.25) is 0 Å². The Morgan fingerprint density at radius 1 is 0.969 bits per heavy atom. The normalized spacial score (nSPS) is 19.8. The van der Waals surface area contributed by atoms with E-state index in [0.717, 1.165) is 39.1 Å². The molecule has 4 rings (SSSR count). The summed E-state index contributed by atoms with van der Waals surface area (Å²) in [6, 6.07) is 4.11. The summed E-state index contributed by atoms with van der Waals surface area (Å²) >= 11 is 0. The predicted molar refractivity (Wildman–Crippen MR) is 125 cm³/mol. The van der Waals surface area contributed by atoms with Gasteiger partial charge < -0.3 is 26.0 Å². The van der Waals surface area contributed by atoms with Gasteiger partial charge >= 0.3 is 0 Å². The van der Waals surface area contributed by atoms with E-state index in [1.54, 1.807) is 6.07 Å².